The molecule has 4 heteroatoms. The lowest BCUT2D eigenvalue weighted by molar-refractivity contribution is 0.0698. The van der Waals surface area contributed by atoms with Gasteiger partial charge in [0, 0.05) is 11.1 Å². The van der Waals surface area contributed by atoms with Crippen LogP contribution in [0, 0.1) is 27.7 Å². The van der Waals surface area contributed by atoms with Gasteiger partial charge in [-0.15, -0.1) is 0 Å². The Balaban J connectivity index is 2.17. The molecular formula is C23H22O4. The van der Waals surface area contributed by atoms with Crippen molar-refractivity contribution in [3.63, 3.8) is 0 Å². The van der Waals surface area contributed by atoms with E-state index in [9.17, 15) is 14.7 Å². The van der Waals surface area contributed by atoms with Crippen molar-refractivity contribution >= 4 is 22.5 Å². The van der Waals surface area contributed by atoms with E-state index in [-0.39, 0.29) is 11.3 Å². The zero-order chi connectivity index (χ0) is 19.9. The number of benzene rings is 3. The van der Waals surface area contributed by atoms with Gasteiger partial charge < -0.3 is 9.84 Å². The molecule has 3 aromatic carbocycles. The van der Waals surface area contributed by atoms with Gasteiger partial charge in [-0.3, -0.25) is 4.79 Å². The molecule has 0 aliphatic heterocycles. The predicted molar refractivity (Wildman–Crippen MR) is 106 cm³/mol. The minimum Gasteiger partial charge on any atom is -0.496 e. The monoisotopic (exact) mass is 362 g/mol. The first kappa shape index (κ1) is 18.6. The largest absolute Gasteiger partial charge is 0.496 e. The molecular weight excluding hydrogens is 340 g/mol. The summed E-state index contributed by atoms with van der Waals surface area (Å²) >= 11 is 0. The molecule has 0 spiro atoms. The van der Waals surface area contributed by atoms with Crippen LogP contribution in [0.25, 0.3) is 10.8 Å². The maximum absolute atomic E-state index is 13.2. The van der Waals surface area contributed by atoms with E-state index >= 15 is 0 Å². The Bertz CT molecular complexity index is 1090. The molecule has 0 aliphatic carbocycles. The normalized spacial score (nSPS) is 10.9. The van der Waals surface area contributed by atoms with E-state index in [1.54, 1.807) is 38.3 Å². The highest BCUT2D eigenvalue weighted by atomic mass is 16.5. The zero-order valence-corrected chi connectivity index (χ0v) is 16.1. The lowest BCUT2D eigenvalue weighted by Crippen LogP contribution is -2.09. The Morgan fingerprint density at radius 2 is 1.56 bits per heavy atom. The van der Waals surface area contributed by atoms with Crippen LogP contribution in [0.2, 0.25) is 0 Å². The molecule has 0 aromatic heterocycles. The third-order valence-electron chi connectivity index (χ3n) is 5.20. The van der Waals surface area contributed by atoms with Gasteiger partial charge in [-0.2, -0.15) is 0 Å². The summed E-state index contributed by atoms with van der Waals surface area (Å²) in [7, 11) is 1.62. The summed E-state index contributed by atoms with van der Waals surface area (Å²) in [6, 6.07) is 10.7. The lowest BCUT2D eigenvalue weighted by atomic mass is 9.90. The molecule has 0 aliphatic rings. The fourth-order valence-electron chi connectivity index (χ4n) is 3.61. The number of ether oxygens (including phenoxy) is 1. The second kappa shape index (κ2) is 6.88. The van der Waals surface area contributed by atoms with Crippen LogP contribution < -0.4 is 4.74 Å². The summed E-state index contributed by atoms with van der Waals surface area (Å²) in [4.78, 5) is 24.8. The minimum atomic E-state index is -0.963. The smallest absolute Gasteiger partial charge is 0.336 e. The van der Waals surface area contributed by atoms with Gasteiger partial charge in [0.05, 0.1) is 12.7 Å². The number of aryl methyl sites for hydroxylation is 2. The first-order valence-corrected chi connectivity index (χ1v) is 8.72. The second-order valence-corrected chi connectivity index (χ2v) is 6.85. The zero-order valence-electron chi connectivity index (χ0n) is 16.1. The summed E-state index contributed by atoms with van der Waals surface area (Å²) in [5.41, 5.74) is 4.88. The highest BCUT2D eigenvalue weighted by Crippen LogP contribution is 2.30. The summed E-state index contributed by atoms with van der Waals surface area (Å²) in [5.74, 6) is -0.272. The average Bonchev–Trinajstić information content (AvgIpc) is 2.63. The van der Waals surface area contributed by atoms with Gasteiger partial charge >= 0.3 is 5.97 Å². The highest BCUT2D eigenvalue weighted by molar-refractivity contribution is 6.14. The number of carbonyl (C=O) groups excluding carboxylic acids is 1. The molecule has 27 heavy (non-hydrogen) atoms. The quantitative estimate of drug-likeness (QED) is 0.663. The van der Waals surface area contributed by atoms with Gasteiger partial charge in [-0.05, 0) is 72.9 Å². The van der Waals surface area contributed by atoms with E-state index in [1.165, 1.54) is 0 Å². The summed E-state index contributed by atoms with van der Waals surface area (Å²) < 4.78 is 5.38. The van der Waals surface area contributed by atoms with E-state index in [0.29, 0.717) is 22.1 Å². The Kier molecular flexibility index (Phi) is 4.75. The van der Waals surface area contributed by atoms with Crippen LogP contribution in [0.15, 0.2) is 36.4 Å². The van der Waals surface area contributed by atoms with Crippen molar-refractivity contribution in [3.8, 4) is 5.75 Å². The van der Waals surface area contributed by atoms with E-state index in [2.05, 4.69) is 0 Å². The van der Waals surface area contributed by atoms with Crippen LogP contribution >= 0.6 is 0 Å². The van der Waals surface area contributed by atoms with E-state index in [1.807, 2.05) is 32.9 Å². The molecule has 0 radical (unpaired) electrons. The number of carboxylic acid groups (broad SMARTS) is 1. The number of ketones is 1. The van der Waals surface area contributed by atoms with Crippen molar-refractivity contribution in [1.29, 1.82) is 0 Å². The van der Waals surface area contributed by atoms with Gasteiger partial charge in [0.1, 0.15) is 5.75 Å². The summed E-state index contributed by atoms with van der Waals surface area (Å²) in [5, 5.41) is 10.9. The van der Waals surface area contributed by atoms with Gasteiger partial charge in [0.25, 0.3) is 0 Å². The number of carbonyl (C=O) groups is 2. The standard InChI is InChI=1S/C23H22O4/c1-12-6-7-16-11-17(8-9-18(16)21(12)23(25)26)22(24)20-13(2)10-19(27-5)14(3)15(20)4/h6-11H,1-5H3,(H,25,26). The second-order valence-electron chi connectivity index (χ2n) is 6.85. The molecule has 4 nitrogen and oxygen atoms in total. The predicted octanol–water partition coefficient (Wildman–Crippen LogP) is 5.01. The number of hydrogen-bond donors (Lipinski definition) is 1. The van der Waals surface area contributed by atoms with Crippen molar-refractivity contribution < 1.29 is 19.4 Å². The van der Waals surface area contributed by atoms with Crippen molar-refractivity contribution in [3.05, 3.63) is 75.3 Å². The van der Waals surface area contributed by atoms with Crippen LogP contribution in [-0.4, -0.2) is 24.0 Å². The summed E-state index contributed by atoms with van der Waals surface area (Å²) in [6.07, 6.45) is 0. The fraction of sp³-hybridized carbons (Fsp3) is 0.217. The number of hydrogen-bond acceptors (Lipinski definition) is 3. The molecule has 0 fully saturated rings. The third kappa shape index (κ3) is 3.08. The average molecular weight is 362 g/mol. The molecule has 3 rings (SSSR count). The topological polar surface area (TPSA) is 63.6 Å². The van der Waals surface area contributed by atoms with Crippen LogP contribution in [-0.2, 0) is 0 Å². The molecule has 0 atom stereocenters. The number of carboxylic acids is 1. The maximum Gasteiger partial charge on any atom is 0.336 e. The number of fused-ring (bicyclic) bond motifs is 1. The molecule has 0 saturated carbocycles. The number of aromatic carboxylic acids is 1. The van der Waals surface area contributed by atoms with E-state index in [4.69, 9.17) is 4.74 Å². The van der Waals surface area contributed by atoms with Crippen LogP contribution in [0.5, 0.6) is 5.75 Å². The summed E-state index contributed by atoms with van der Waals surface area (Å²) in [6.45, 7) is 7.53. The van der Waals surface area contributed by atoms with E-state index in [0.717, 1.165) is 27.8 Å². The number of methoxy groups -OCH3 is 1. The van der Waals surface area contributed by atoms with Gasteiger partial charge in [0.15, 0.2) is 5.78 Å². The van der Waals surface area contributed by atoms with Crippen molar-refractivity contribution in [2.75, 3.05) is 7.11 Å². The third-order valence-corrected chi connectivity index (χ3v) is 5.20. The minimum absolute atomic E-state index is 0.0740. The van der Waals surface area contributed by atoms with Crippen molar-refractivity contribution in [1.82, 2.24) is 0 Å². The molecule has 0 saturated heterocycles. The van der Waals surface area contributed by atoms with Crippen LogP contribution in [0.3, 0.4) is 0 Å². The van der Waals surface area contributed by atoms with Gasteiger partial charge in [-0.25, -0.2) is 4.79 Å². The Labute approximate surface area is 158 Å². The number of rotatable bonds is 4. The fourth-order valence-corrected chi connectivity index (χ4v) is 3.61. The first-order chi connectivity index (χ1) is 12.8. The molecule has 0 bridgehead atoms. The highest BCUT2D eigenvalue weighted by Gasteiger charge is 2.20. The van der Waals surface area contributed by atoms with Crippen LogP contribution in [0.4, 0.5) is 0 Å². The first-order valence-electron chi connectivity index (χ1n) is 8.72. The van der Waals surface area contributed by atoms with E-state index < -0.39 is 5.97 Å². The molecule has 1 N–H and O–H groups in total. The van der Waals surface area contributed by atoms with Gasteiger partial charge in [-0.1, -0.05) is 24.3 Å². The molecule has 138 valence electrons. The molecule has 0 unspecified atom stereocenters. The SMILES string of the molecule is COc1cc(C)c(C(=O)c2ccc3c(C(=O)O)c(C)ccc3c2)c(C)c1C. The maximum atomic E-state index is 13.2. The Hall–Kier alpha value is -3.14. The van der Waals surface area contributed by atoms with Gasteiger partial charge in [0.2, 0.25) is 0 Å². The Morgan fingerprint density at radius 1 is 0.852 bits per heavy atom. The molecule has 0 amide bonds. The van der Waals surface area contributed by atoms with Crippen molar-refractivity contribution in [2.24, 2.45) is 0 Å². The Morgan fingerprint density at radius 3 is 2.19 bits per heavy atom. The molecule has 3 aromatic rings. The van der Waals surface area contributed by atoms with Crippen LogP contribution in [0.1, 0.15) is 48.5 Å². The van der Waals surface area contributed by atoms with Crippen molar-refractivity contribution in [2.45, 2.75) is 27.7 Å². The molecule has 0 heterocycles. The lowest BCUT2D eigenvalue weighted by Gasteiger charge is -2.15.